The number of anilines is 1. The Labute approximate surface area is 122 Å². The van der Waals surface area contributed by atoms with Crippen LogP contribution in [0.15, 0.2) is 22.7 Å². The van der Waals surface area contributed by atoms with Gasteiger partial charge >= 0.3 is 0 Å². The molecule has 0 spiro atoms. The van der Waals surface area contributed by atoms with E-state index in [1.54, 1.807) is 6.92 Å². The summed E-state index contributed by atoms with van der Waals surface area (Å²) in [6.45, 7) is 4.30. The zero-order chi connectivity index (χ0) is 13.8. The molecule has 0 aromatic heterocycles. The number of halogens is 1. The lowest BCUT2D eigenvalue weighted by atomic mass is 10.1. The highest BCUT2D eigenvalue weighted by Gasteiger charge is 2.24. The Hall–Kier alpha value is -1.07. The fourth-order valence-electron chi connectivity index (χ4n) is 2.58. The van der Waals surface area contributed by atoms with E-state index in [1.165, 1.54) is 11.3 Å². The first-order valence-electron chi connectivity index (χ1n) is 6.55. The predicted octanol–water partition coefficient (Wildman–Crippen LogP) is 1.88. The number of hydrogen-bond donors (Lipinski definition) is 2. The van der Waals surface area contributed by atoms with Crippen molar-refractivity contribution in [3.63, 3.8) is 0 Å². The van der Waals surface area contributed by atoms with Gasteiger partial charge in [0.2, 0.25) is 5.91 Å². The summed E-state index contributed by atoms with van der Waals surface area (Å²) < 4.78 is 1.10. The van der Waals surface area contributed by atoms with Crippen molar-refractivity contribution >= 4 is 27.5 Å². The zero-order valence-electron chi connectivity index (χ0n) is 11.4. The summed E-state index contributed by atoms with van der Waals surface area (Å²) in [6, 6.07) is 6.63. The number of benzene rings is 1. The molecule has 0 bridgehead atoms. The Morgan fingerprint density at radius 1 is 1.53 bits per heavy atom. The first-order chi connectivity index (χ1) is 9.10. The molecule has 1 amide bonds. The summed E-state index contributed by atoms with van der Waals surface area (Å²) in [5.41, 5.74) is 2.53. The number of nitrogens with zero attached hydrogens (tertiary/aromatic N) is 1. The minimum absolute atomic E-state index is 0.0538. The van der Waals surface area contributed by atoms with E-state index in [0.29, 0.717) is 0 Å². The van der Waals surface area contributed by atoms with Gasteiger partial charge in [0.15, 0.2) is 0 Å². The van der Waals surface area contributed by atoms with Gasteiger partial charge in [0, 0.05) is 42.8 Å². The quantitative estimate of drug-likeness (QED) is 0.888. The molecule has 2 rings (SSSR count). The smallest absolute Gasteiger partial charge is 0.217 e. The van der Waals surface area contributed by atoms with E-state index >= 15 is 0 Å². The largest absolute Gasteiger partial charge is 0.369 e. The van der Waals surface area contributed by atoms with Crippen LogP contribution in [-0.2, 0) is 11.3 Å². The fraction of sp³-hybridized carbons (Fsp3) is 0.500. The molecule has 1 fully saturated rings. The van der Waals surface area contributed by atoms with Crippen LogP contribution in [0.2, 0.25) is 0 Å². The van der Waals surface area contributed by atoms with Crippen molar-refractivity contribution in [1.82, 2.24) is 10.6 Å². The molecular weight excluding hydrogens is 306 g/mol. The molecule has 1 aromatic rings. The molecule has 104 valence electrons. The third kappa shape index (κ3) is 3.70. The van der Waals surface area contributed by atoms with Gasteiger partial charge in [-0.25, -0.2) is 0 Å². The van der Waals surface area contributed by atoms with E-state index in [-0.39, 0.29) is 11.9 Å². The Bertz CT molecular complexity index is 464. The molecule has 19 heavy (non-hydrogen) atoms. The first kappa shape index (κ1) is 14.3. The van der Waals surface area contributed by atoms with E-state index < -0.39 is 0 Å². The molecule has 4 nitrogen and oxygen atoms in total. The van der Waals surface area contributed by atoms with E-state index in [4.69, 9.17) is 0 Å². The Morgan fingerprint density at radius 2 is 2.32 bits per heavy atom. The molecule has 2 N–H and O–H groups in total. The fourth-order valence-corrected chi connectivity index (χ4v) is 2.99. The van der Waals surface area contributed by atoms with Gasteiger partial charge in [-0.15, -0.1) is 0 Å². The Balaban J connectivity index is 2.12. The second-order valence-corrected chi connectivity index (χ2v) is 5.85. The molecule has 0 aliphatic carbocycles. The molecule has 1 unspecified atom stereocenters. The summed E-state index contributed by atoms with van der Waals surface area (Å²) >= 11 is 3.52. The van der Waals surface area contributed by atoms with Crippen LogP contribution >= 0.6 is 15.9 Å². The van der Waals surface area contributed by atoms with Gasteiger partial charge in [0.25, 0.3) is 0 Å². The summed E-state index contributed by atoms with van der Waals surface area (Å²) in [7, 11) is 1.95. The normalized spacial score (nSPS) is 18.7. The molecule has 1 aliphatic heterocycles. The van der Waals surface area contributed by atoms with Crippen molar-refractivity contribution in [3.8, 4) is 0 Å². The van der Waals surface area contributed by atoms with Gasteiger partial charge in [-0.2, -0.15) is 0 Å². The van der Waals surface area contributed by atoms with Crippen molar-refractivity contribution in [2.75, 3.05) is 25.0 Å². The van der Waals surface area contributed by atoms with Crippen LogP contribution < -0.4 is 15.5 Å². The van der Waals surface area contributed by atoms with E-state index in [0.717, 1.165) is 30.5 Å². The van der Waals surface area contributed by atoms with Crippen LogP contribution in [0.4, 0.5) is 5.69 Å². The highest BCUT2D eigenvalue weighted by atomic mass is 79.9. The first-order valence-corrected chi connectivity index (χ1v) is 7.34. The molecule has 5 heteroatoms. The van der Waals surface area contributed by atoms with Crippen LogP contribution in [0.5, 0.6) is 0 Å². The number of hydrogen-bond acceptors (Lipinski definition) is 3. The minimum Gasteiger partial charge on any atom is -0.369 e. The van der Waals surface area contributed by atoms with Gasteiger partial charge in [0.05, 0.1) is 0 Å². The van der Waals surface area contributed by atoms with Crippen LogP contribution in [0, 0.1) is 0 Å². The lowest BCUT2D eigenvalue weighted by molar-refractivity contribution is -0.119. The zero-order valence-corrected chi connectivity index (χ0v) is 13.0. The van der Waals surface area contributed by atoms with Crippen LogP contribution in [0.25, 0.3) is 0 Å². The molecule has 1 atom stereocenters. The summed E-state index contributed by atoms with van der Waals surface area (Å²) in [5, 5.41) is 6.20. The van der Waals surface area contributed by atoms with Gasteiger partial charge in [-0.05, 0) is 37.2 Å². The summed E-state index contributed by atoms with van der Waals surface area (Å²) in [6.07, 6.45) is 1.01. The maximum Gasteiger partial charge on any atom is 0.217 e. The number of amides is 1. The van der Waals surface area contributed by atoms with Gasteiger partial charge < -0.3 is 15.5 Å². The Kier molecular flexibility index (Phi) is 4.82. The van der Waals surface area contributed by atoms with Crippen LogP contribution in [0.3, 0.4) is 0 Å². The third-order valence-corrected chi connectivity index (χ3v) is 3.84. The van der Waals surface area contributed by atoms with Gasteiger partial charge in [-0.3, -0.25) is 4.79 Å². The van der Waals surface area contributed by atoms with Gasteiger partial charge in [-0.1, -0.05) is 15.9 Å². The number of rotatable bonds is 4. The second-order valence-electron chi connectivity index (χ2n) is 4.94. The molecule has 1 aliphatic rings. The highest BCUT2D eigenvalue weighted by molar-refractivity contribution is 9.10. The van der Waals surface area contributed by atoms with Crippen molar-refractivity contribution < 1.29 is 4.79 Å². The molecule has 1 saturated heterocycles. The molecule has 0 saturated carbocycles. The monoisotopic (exact) mass is 325 g/mol. The predicted molar refractivity (Wildman–Crippen MR) is 81.3 cm³/mol. The van der Waals surface area contributed by atoms with E-state index in [1.807, 2.05) is 7.05 Å². The number of carbonyl (C=O) groups excluding carboxylic acids is 1. The lowest BCUT2D eigenvalue weighted by Gasteiger charge is -2.22. The average Bonchev–Trinajstić information content (AvgIpc) is 2.77. The highest BCUT2D eigenvalue weighted by Crippen LogP contribution is 2.27. The van der Waals surface area contributed by atoms with Gasteiger partial charge in [0.1, 0.15) is 0 Å². The standard InChI is InChI=1S/C14H20BrN3O/c1-10(19)17-13-5-6-18(9-13)14-4-3-12(15)7-11(14)8-16-2/h3-4,7,13,16H,5-6,8-9H2,1-2H3,(H,17,19). The maximum atomic E-state index is 11.1. The third-order valence-electron chi connectivity index (χ3n) is 3.35. The second kappa shape index (κ2) is 6.39. The minimum atomic E-state index is 0.0538. The molecule has 1 aromatic carbocycles. The number of carbonyl (C=O) groups is 1. The molecule has 0 radical (unpaired) electrons. The molecule has 1 heterocycles. The van der Waals surface area contributed by atoms with Crippen molar-refractivity contribution in [3.05, 3.63) is 28.2 Å². The van der Waals surface area contributed by atoms with Crippen molar-refractivity contribution in [2.45, 2.75) is 25.9 Å². The summed E-state index contributed by atoms with van der Waals surface area (Å²) in [4.78, 5) is 13.5. The molecular formula is C14H20BrN3O. The lowest BCUT2D eigenvalue weighted by Crippen LogP contribution is -2.35. The topological polar surface area (TPSA) is 44.4 Å². The van der Waals surface area contributed by atoms with Crippen LogP contribution in [0.1, 0.15) is 18.9 Å². The van der Waals surface area contributed by atoms with Crippen molar-refractivity contribution in [1.29, 1.82) is 0 Å². The van der Waals surface area contributed by atoms with Crippen molar-refractivity contribution in [2.24, 2.45) is 0 Å². The SMILES string of the molecule is CNCc1cc(Br)ccc1N1CCC(NC(C)=O)C1. The maximum absolute atomic E-state index is 11.1. The summed E-state index contributed by atoms with van der Waals surface area (Å²) in [5.74, 6) is 0.0538. The van der Waals surface area contributed by atoms with E-state index in [9.17, 15) is 4.79 Å². The Morgan fingerprint density at radius 3 is 3.00 bits per heavy atom. The average molecular weight is 326 g/mol. The number of nitrogens with one attached hydrogen (secondary N) is 2. The van der Waals surface area contributed by atoms with E-state index in [2.05, 4.69) is 49.7 Å². The van der Waals surface area contributed by atoms with Crippen LogP contribution in [-0.4, -0.2) is 32.1 Å².